The molecule has 2 aromatic heterocycles. The first-order valence-corrected chi connectivity index (χ1v) is 16.7. The molecule has 0 unspecified atom stereocenters. The van der Waals surface area contributed by atoms with Crippen molar-refractivity contribution in [2.24, 2.45) is 0 Å². The van der Waals surface area contributed by atoms with Crippen LogP contribution >= 0.6 is 0 Å². The lowest BCUT2D eigenvalue weighted by Gasteiger charge is -2.41. The zero-order valence-electron chi connectivity index (χ0n) is 28.7. The molecule has 0 aliphatic carbocycles. The minimum Gasteiger partial charge on any atom is -0.490 e. The summed E-state index contributed by atoms with van der Waals surface area (Å²) in [6.45, 7) is 15.9. The molecule has 3 aliphatic rings. The number of hydrogen-bond acceptors (Lipinski definition) is 6. The Kier molecular flexibility index (Phi) is 8.94. The van der Waals surface area contributed by atoms with Gasteiger partial charge in [-0.15, -0.1) is 0 Å². The van der Waals surface area contributed by atoms with Crippen LogP contribution in [0.4, 0.5) is 5.82 Å². The molecule has 0 saturated carbocycles. The zero-order chi connectivity index (χ0) is 33.5. The van der Waals surface area contributed by atoms with E-state index in [-0.39, 0.29) is 11.7 Å². The first-order chi connectivity index (χ1) is 22.3. The summed E-state index contributed by atoms with van der Waals surface area (Å²) >= 11 is 0. The number of carbonyl (C=O) groups is 1. The van der Waals surface area contributed by atoms with Gasteiger partial charge in [-0.25, -0.2) is 9.78 Å². The molecule has 1 saturated heterocycles. The number of ether oxygens (including phenoxy) is 3. The van der Waals surface area contributed by atoms with Crippen molar-refractivity contribution in [1.29, 1.82) is 0 Å². The van der Waals surface area contributed by atoms with E-state index >= 15 is 0 Å². The molecule has 3 aliphatic heterocycles. The summed E-state index contributed by atoms with van der Waals surface area (Å²) in [5.74, 6) is 0.639. The lowest BCUT2D eigenvalue weighted by molar-refractivity contribution is -0.160. The van der Waals surface area contributed by atoms with Crippen LogP contribution in [0, 0.1) is 13.8 Å². The first-order valence-electron chi connectivity index (χ1n) is 16.7. The van der Waals surface area contributed by atoms with Crippen molar-refractivity contribution < 1.29 is 24.1 Å². The minimum atomic E-state index is -1.15. The van der Waals surface area contributed by atoms with Gasteiger partial charge in [-0.1, -0.05) is 42.0 Å². The Morgan fingerprint density at radius 1 is 1.06 bits per heavy atom. The number of nitrogens with zero attached hydrogens (tertiary/aromatic N) is 3. The summed E-state index contributed by atoms with van der Waals surface area (Å²) in [6, 6.07) is 16.7. The van der Waals surface area contributed by atoms with Gasteiger partial charge in [0, 0.05) is 42.4 Å². The van der Waals surface area contributed by atoms with E-state index < -0.39 is 17.7 Å². The molecule has 4 aromatic rings. The third-order valence-corrected chi connectivity index (χ3v) is 9.15. The molecule has 248 valence electrons. The number of carboxylic acids is 1. The molecule has 2 aromatic carbocycles. The number of benzene rings is 2. The number of anilines is 1. The summed E-state index contributed by atoms with van der Waals surface area (Å²) in [4.78, 5) is 20.2. The van der Waals surface area contributed by atoms with E-state index in [0.717, 1.165) is 70.0 Å². The number of pyridine rings is 1. The number of aryl methyl sites for hydroxylation is 2. The molecular weight excluding hydrogens is 590 g/mol. The van der Waals surface area contributed by atoms with Crippen LogP contribution in [0.15, 0.2) is 66.9 Å². The molecule has 0 radical (unpaired) electrons. The highest BCUT2D eigenvalue weighted by atomic mass is 16.5. The molecule has 0 amide bonds. The maximum atomic E-state index is 12.8. The SMILES string of the molecule is Cc1ccc2c(c1)-c1cccc(c1)-c1cn3c(c([C@H](OC(C)(C)C)C(=O)O)c(C)cc3n1)N1CCC(C)(CC1)OC/C=C/C[C@H](C)O2. The van der Waals surface area contributed by atoms with Crippen LogP contribution in [-0.4, -0.2) is 57.5 Å². The normalized spacial score (nSPS) is 21.7. The zero-order valence-corrected chi connectivity index (χ0v) is 28.7. The highest BCUT2D eigenvalue weighted by Crippen LogP contribution is 2.40. The quantitative estimate of drug-likeness (QED) is 0.226. The maximum absolute atomic E-state index is 12.8. The second kappa shape index (κ2) is 12.8. The standard InChI is InChI=1S/C39H47N3O5/c1-25-14-15-32-30(21-25)28-12-10-13-29(23-28)31-24-42-33(40-31)22-26(2)34(35(37(43)44)47-38(4,5)6)36(42)41-18-16-39(7,17-19-41)45-20-9-8-11-27(3)46-32/h8-10,12-15,21-24,27,35H,11,16-20H2,1-7H3,(H,43,44)/b9-8+/t27-,35-/m0/s1. The van der Waals surface area contributed by atoms with Crippen molar-refractivity contribution in [3.05, 3.63) is 83.6 Å². The van der Waals surface area contributed by atoms with Gasteiger partial charge < -0.3 is 24.2 Å². The molecule has 6 bridgehead atoms. The van der Waals surface area contributed by atoms with Crippen LogP contribution in [0.3, 0.4) is 0 Å². The van der Waals surface area contributed by atoms with E-state index in [0.29, 0.717) is 25.3 Å². The third-order valence-electron chi connectivity index (χ3n) is 9.15. The molecule has 1 N–H and O–H groups in total. The number of carboxylic acid groups (broad SMARTS) is 1. The summed E-state index contributed by atoms with van der Waals surface area (Å²) in [5, 5.41) is 10.5. The second-order valence-electron chi connectivity index (χ2n) is 14.3. The van der Waals surface area contributed by atoms with E-state index in [1.807, 2.05) is 40.0 Å². The average Bonchev–Trinajstić information content (AvgIpc) is 3.43. The van der Waals surface area contributed by atoms with E-state index in [1.165, 1.54) is 0 Å². The Labute approximate surface area is 278 Å². The van der Waals surface area contributed by atoms with Gasteiger partial charge in [-0.2, -0.15) is 0 Å². The topological polar surface area (TPSA) is 85.5 Å². The number of fused-ring (bicyclic) bond motifs is 7. The lowest BCUT2D eigenvalue weighted by atomic mass is 9.92. The maximum Gasteiger partial charge on any atom is 0.337 e. The van der Waals surface area contributed by atoms with Gasteiger partial charge in [0.15, 0.2) is 6.10 Å². The van der Waals surface area contributed by atoms with Crippen molar-refractivity contribution >= 4 is 17.4 Å². The van der Waals surface area contributed by atoms with E-state index in [1.54, 1.807) is 0 Å². The monoisotopic (exact) mass is 637 g/mol. The number of hydrogen-bond donors (Lipinski definition) is 1. The molecule has 8 nitrogen and oxygen atoms in total. The number of aliphatic carboxylic acids is 1. The summed E-state index contributed by atoms with van der Waals surface area (Å²) in [5.41, 5.74) is 6.29. The predicted molar refractivity (Wildman–Crippen MR) is 186 cm³/mol. The van der Waals surface area contributed by atoms with E-state index in [4.69, 9.17) is 19.2 Å². The van der Waals surface area contributed by atoms with E-state index in [9.17, 15) is 9.90 Å². The van der Waals surface area contributed by atoms with Crippen molar-refractivity contribution in [3.8, 4) is 28.1 Å². The van der Waals surface area contributed by atoms with Gasteiger partial charge in [0.05, 0.1) is 29.6 Å². The number of rotatable bonds is 3. The molecule has 8 heteroatoms. The minimum absolute atomic E-state index is 0.00787. The van der Waals surface area contributed by atoms with Gasteiger partial charge in [-0.3, -0.25) is 4.40 Å². The molecule has 7 rings (SSSR count). The van der Waals surface area contributed by atoms with Crippen LogP contribution in [0.5, 0.6) is 5.75 Å². The number of piperidine rings is 1. The summed E-state index contributed by atoms with van der Waals surface area (Å²) < 4.78 is 21.2. The molecule has 1 fully saturated rings. The Bertz CT molecular complexity index is 1810. The van der Waals surface area contributed by atoms with Crippen LogP contribution in [0.2, 0.25) is 0 Å². The highest BCUT2D eigenvalue weighted by molar-refractivity contribution is 5.80. The van der Waals surface area contributed by atoms with Crippen LogP contribution < -0.4 is 9.64 Å². The Balaban J connectivity index is 1.55. The fraction of sp³-hybridized carbons (Fsp3) is 0.436. The average molecular weight is 638 g/mol. The molecule has 47 heavy (non-hydrogen) atoms. The van der Waals surface area contributed by atoms with Crippen molar-refractivity contribution in [2.75, 3.05) is 24.6 Å². The summed E-state index contributed by atoms with van der Waals surface area (Å²) in [6.07, 6.45) is 7.48. The molecule has 2 atom stereocenters. The molecular formula is C39H47N3O5. The van der Waals surface area contributed by atoms with Gasteiger partial charge in [-0.05, 0) is 96.7 Å². The highest BCUT2D eigenvalue weighted by Gasteiger charge is 2.37. The number of aromatic nitrogens is 2. The van der Waals surface area contributed by atoms with Crippen molar-refractivity contribution in [2.45, 2.75) is 91.1 Å². The molecule has 5 heterocycles. The fourth-order valence-electron chi connectivity index (χ4n) is 6.64. The number of imidazole rings is 1. The van der Waals surface area contributed by atoms with Crippen LogP contribution in [0.1, 0.15) is 76.7 Å². The molecule has 0 spiro atoms. The van der Waals surface area contributed by atoms with E-state index in [2.05, 4.69) is 84.7 Å². The smallest absolute Gasteiger partial charge is 0.337 e. The third kappa shape index (κ3) is 7.09. The predicted octanol–water partition coefficient (Wildman–Crippen LogP) is 8.33. The summed E-state index contributed by atoms with van der Waals surface area (Å²) in [7, 11) is 0. The largest absolute Gasteiger partial charge is 0.490 e. The Hall–Kier alpha value is -4.14. The fourth-order valence-corrected chi connectivity index (χ4v) is 6.64. The lowest BCUT2D eigenvalue weighted by Crippen LogP contribution is -2.45. The van der Waals surface area contributed by atoms with Crippen molar-refractivity contribution in [1.82, 2.24) is 9.38 Å². The Morgan fingerprint density at radius 3 is 2.53 bits per heavy atom. The van der Waals surface area contributed by atoms with Crippen LogP contribution in [-0.2, 0) is 14.3 Å². The van der Waals surface area contributed by atoms with Gasteiger partial charge in [0.2, 0.25) is 0 Å². The van der Waals surface area contributed by atoms with Gasteiger partial charge in [0.25, 0.3) is 0 Å². The first kappa shape index (κ1) is 32.8. The van der Waals surface area contributed by atoms with Gasteiger partial charge >= 0.3 is 5.97 Å². The second-order valence-corrected chi connectivity index (χ2v) is 14.3. The Morgan fingerprint density at radius 2 is 1.81 bits per heavy atom. The van der Waals surface area contributed by atoms with Crippen LogP contribution in [0.25, 0.3) is 28.0 Å². The van der Waals surface area contributed by atoms with Gasteiger partial charge in [0.1, 0.15) is 17.2 Å². The van der Waals surface area contributed by atoms with Crippen molar-refractivity contribution in [3.63, 3.8) is 0 Å².